The van der Waals surface area contributed by atoms with Gasteiger partial charge in [-0.3, -0.25) is 0 Å². The van der Waals surface area contributed by atoms with Crippen molar-refractivity contribution in [1.82, 2.24) is 4.90 Å². The number of carbonyl (C=O) groups is 1. The van der Waals surface area contributed by atoms with Gasteiger partial charge in [0.05, 0.1) is 0 Å². The first kappa shape index (κ1) is 26.9. The molecule has 0 bridgehead atoms. The molecule has 162 valence electrons. The topological polar surface area (TPSA) is 29.5 Å². The SMILES string of the molecule is CCCCCCCCCC=CC=CC=CC=CC=CC=CC(=O)OCCN(C)C. The van der Waals surface area contributed by atoms with Crippen LogP contribution < -0.4 is 0 Å². The van der Waals surface area contributed by atoms with E-state index < -0.39 is 0 Å². The van der Waals surface area contributed by atoms with Gasteiger partial charge in [0.25, 0.3) is 0 Å². The van der Waals surface area contributed by atoms with Crippen molar-refractivity contribution in [3.05, 3.63) is 72.9 Å². The molecule has 0 fully saturated rings. The molecule has 0 aliphatic rings. The second-order valence-electron chi connectivity index (χ2n) is 7.21. The lowest BCUT2D eigenvalue weighted by Gasteiger charge is -2.08. The third kappa shape index (κ3) is 23.8. The number of rotatable bonds is 17. The molecule has 0 rings (SSSR count). The lowest BCUT2D eigenvalue weighted by atomic mass is 10.1. The van der Waals surface area contributed by atoms with Crippen LogP contribution in [0.4, 0.5) is 0 Å². The van der Waals surface area contributed by atoms with Crippen molar-refractivity contribution in [3.8, 4) is 0 Å². The van der Waals surface area contributed by atoms with Gasteiger partial charge in [0.15, 0.2) is 0 Å². The number of hydrogen-bond acceptors (Lipinski definition) is 3. The van der Waals surface area contributed by atoms with Crippen LogP contribution in [0.5, 0.6) is 0 Å². The Morgan fingerprint density at radius 3 is 1.83 bits per heavy atom. The van der Waals surface area contributed by atoms with E-state index in [0.29, 0.717) is 6.61 Å². The fourth-order valence-corrected chi connectivity index (χ4v) is 2.42. The number of esters is 1. The number of likely N-dealkylation sites (N-methyl/N-ethyl adjacent to an activating group) is 1. The first-order valence-corrected chi connectivity index (χ1v) is 11.0. The van der Waals surface area contributed by atoms with Crippen LogP contribution in [-0.2, 0) is 9.53 Å². The van der Waals surface area contributed by atoms with Crippen LogP contribution in [0.2, 0.25) is 0 Å². The van der Waals surface area contributed by atoms with Crippen molar-refractivity contribution < 1.29 is 9.53 Å². The van der Waals surface area contributed by atoms with E-state index in [1.165, 1.54) is 57.4 Å². The molecule has 0 aromatic heterocycles. The summed E-state index contributed by atoms with van der Waals surface area (Å²) in [5.74, 6) is -0.314. The molecule has 0 radical (unpaired) electrons. The van der Waals surface area contributed by atoms with Crippen molar-refractivity contribution in [2.24, 2.45) is 0 Å². The second kappa shape index (κ2) is 22.2. The van der Waals surface area contributed by atoms with E-state index in [0.717, 1.165) is 6.54 Å². The maximum absolute atomic E-state index is 11.4. The number of hydrogen-bond donors (Lipinski definition) is 0. The van der Waals surface area contributed by atoms with E-state index in [1.807, 2.05) is 55.5 Å². The minimum Gasteiger partial charge on any atom is -0.461 e. The average Bonchev–Trinajstić information content (AvgIpc) is 2.69. The highest BCUT2D eigenvalue weighted by Crippen LogP contribution is 2.08. The van der Waals surface area contributed by atoms with Crippen LogP contribution in [0.1, 0.15) is 58.3 Å². The molecule has 3 nitrogen and oxygen atoms in total. The Kier molecular flexibility index (Phi) is 20.5. The molecule has 0 atom stereocenters. The summed E-state index contributed by atoms with van der Waals surface area (Å²) in [5.41, 5.74) is 0. The second-order valence-corrected chi connectivity index (χ2v) is 7.21. The fourth-order valence-electron chi connectivity index (χ4n) is 2.42. The smallest absolute Gasteiger partial charge is 0.330 e. The molecule has 0 heterocycles. The summed E-state index contributed by atoms with van der Waals surface area (Å²) in [6, 6.07) is 0. The van der Waals surface area contributed by atoms with Crippen molar-refractivity contribution >= 4 is 5.97 Å². The summed E-state index contributed by atoms with van der Waals surface area (Å²) in [5, 5.41) is 0. The van der Waals surface area contributed by atoms with E-state index in [9.17, 15) is 4.79 Å². The zero-order valence-corrected chi connectivity index (χ0v) is 18.8. The highest BCUT2D eigenvalue weighted by atomic mass is 16.5. The van der Waals surface area contributed by atoms with E-state index in [2.05, 4.69) is 25.2 Å². The number of unbranched alkanes of at least 4 members (excludes halogenated alkanes) is 7. The van der Waals surface area contributed by atoms with Gasteiger partial charge in [0.1, 0.15) is 6.61 Å². The van der Waals surface area contributed by atoms with Gasteiger partial charge in [-0.05, 0) is 26.9 Å². The number of allylic oxidation sites excluding steroid dienone is 11. The van der Waals surface area contributed by atoms with Crippen LogP contribution in [-0.4, -0.2) is 38.1 Å². The third-order valence-electron chi connectivity index (χ3n) is 4.13. The predicted molar refractivity (Wildman–Crippen MR) is 127 cm³/mol. The molecular weight excluding hydrogens is 358 g/mol. The monoisotopic (exact) mass is 399 g/mol. The molecule has 0 N–H and O–H groups in total. The van der Waals surface area contributed by atoms with Gasteiger partial charge < -0.3 is 9.64 Å². The normalized spacial score (nSPS) is 13.0. The molecule has 0 saturated carbocycles. The quantitative estimate of drug-likeness (QED) is 0.120. The first-order valence-electron chi connectivity index (χ1n) is 11.0. The highest BCUT2D eigenvalue weighted by molar-refractivity contribution is 5.82. The van der Waals surface area contributed by atoms with Crippen molar-refractivity contribution in [2.45, 2.75) is 58.3 Å². The molecule has 0 aromatic rings. The van der Waals surface area contributed by atoms with Gasteiger partial charge in [-0.15, -0.1) is 0 Å². The van der Waals surface area contributed by atoms with Gasteiger partial charge in [-0.25, -0.2) is 4.79 Å². The number of ether oxygens (including phenoxy) is 1. The maximum Gasteiger partial charge on any atom is 0.330 e. The fraction of sp³-hybridized carbons (Fsp3) is 0.500. The molecule has 0 spiro atoms. The van der Waals surface area contributed by atoms with Gasteiger partial charge in [0.2, 0.25) is 0 Å². The number of carbonyl (C=O) groups excluding carboxylic acids is 1. The van der Waals surface area contributed by atoms with Crippen LogP contribution in [0.3, 0.4) is 0 Å². The molecule has 0 unspecified atom stereocenters. The summed E-state index contributed by atoms with van der Waals surface area (Å²) in [7, 11) is 3.88. The van der Waals surface area contributed by atoms with Crippen LogP contribution in [0, 0.1) is 0 Å². The van der Waals surface area contributed by atoms with Crippen LogP contribution >= 0.6 is 0 Å². The Balaban J connectivity index is 3.69. The first-order chi connectivity index (χ1) is 14.2. The van der Waals surface area contributed by atoms with Crippen molar-refractivity contribution in [1.29, 1.82) is 0 Å². The highest BCUT2D eigenvalue weighted by Gasteiger charge is 1.95. The zero-order chi connectivity index (χ0) is 21.4. The van der Waals surface area contributed by atoms with Gasteiger partial charge >= 0.3 is 5.97 Å². The summed E-state index contributed by atoms with van der Waals surface area (Å²) in [6.45, 7) is 3.40. The van der Waals surface area contributed by atoms with Crippen molar-refractivity contribution in [2.75, 3.05) is 27.2 Å². The van der Waals surface area contributed by atoms with Crippen molar-refractivity contribution in [3.63, 3.8) is 0 Å². The molecule has 0 amide bonds. The standard InChI is InChI=1S/C26H41NO2/c1-4-5-6-7-8-9-10-11-12-13-14-15-16-17-18-19-20-21-22-23-26(28)29-25-24-27(2)3/h12-23H,4-11,24-25H2,1-3H3. The van der Waals surface area contributed by atoms with Gasteiger partial charge in [-0.1, -0.05) is 112 Å². The molecule has 3 heteroatoms. The van der Waals surface area contributed by atoms with E-state index >= 15 is 0 Å². The molecule has 29 heavy (non-hydrogen) atoms. The Morgan fingerprint density at radius 2 is 1.24 bits per heavy atom. The minimum absolute atomic E-state index is 0.314. The lowest BCUT2D eigenvalue weighted by molar-refractivity contribution is -0.138. The van der Waals surface area contributed by atoms with Gasteiger partial charge in [-0.2, -0.15) is 0 Å². The average molecular weight is 400 g/mol. The molecule has 0 aliphatic carbocycles. The van der Waals surface area contributed by atoms with Crippen LogP contribution in [0.25, 0.3) is 0 Å². The lowest BCUT2D eigenvalue weighted by Crippen LogP contribution is -2.19. The third-order valence-corrected chi connectivity index (χ3v) is 4.13. The minimum atomic E-state index is -0.314. The summed E-state index contributed by atoms with van der Waals surface area (Å²) < 4.78 is 5.05. The van der Waals surface area contributed by atoms with E-state index in [-0.39, 0.29) is 5.97 Å². The zero-order valence-electron chi connectivity index (χ0n) is 18.8. The molecule has 0 aromatic carbocycles. The Labute approximate surface area is 179 Å². The Morgan fingerprint density at radius 1 is 0.724 bits per heavy atom. The van der Waals surface area contributed by atoms with Gasteiger partial charge in [0, 0.05) is 12.6 Å². The van der Waals surface area contributed by atoms with Crippen LogP contribution in [0.15, 0.2) is 72.9 Å². The number of nitrogens with zero attached hydrogens (tertiary/aromatic N) is 1. The molecule has 0 saturated heterocycles. The molecule has 0 aliphatic heterocycles. The summed E-state index contributed by atoms with van der Waals surface area (Å²) in [4.78, 5) is 13.4. The summed E-state index contributed by atoms with van der Waals surface area (Å²) >= 11 is 0. The Hall–Kier alpha value is -2.13. The van der Waals surface area contributed by atoms with E-state index in [4.69, 9.17) is 4.74 Å². The predicted octanol–water partition coefficient (Wildman–Crippen LogP) is 6.57. The Bertz CT molecular complexity index is 551. The van der Waals surface area contributed by atoms with E-state index in [1.54, 1.807) is 12.2 Å². The summed E-state index contributed by atoms with van der Waals surface area (Å²) in [6.07, 6.45) is 33.8. The maximum atomic E-state index is 11.4. The molecular formula is C26H41NO2. The largest absolute Gasteiger partial charge is 0.461 e.